The highest BCUT2D eigenvalue weighted by Gasteiger charge is 2.20. The number of fused-ring (bicyclic) bond motifs is 1. The molecule has 36 heavy (non-hydrogen) atoms. The van der Waals surface area contributed by atoms with E-state index >= 15 is 0 Å². The standard InChI is InChI=1S/C29H31N3O4.H2/c1-3-13-36-28-12-11-21(20-7-6-8-23(14-20)31-19(2)34)16-26(28)29(35)32-24(18-33)15-22-17-30-27-10-5-4-9-25(22)27;/h4-12,14,16-17,24,30,33H,3,13,15,18H2,1-2H3,(H,31,34)(H,32,35);1H/t24-;/m0./s1. The second-order valence-corrected chi connectivity index (χ2v) is 8.74. The number of carbonyl (C=O) groups is 2. The van der Waals surface area contributed by atoms with Crippen LogP contribution in [0.15, 0.2) is 72.9 Å². The highest BCUT2D eigenvalue weighted by Crippen LogP contribution is 2.29. The summed E-state index contributed by atoms with van der Waals surface area (Å²) >= 11 is 0. The Kier molecular flexibility index (Phi) is 8.02. The monoisotopic (exact) mass is 487 g/mol. The minimum atomic E-state index is -0.470. The number of aromatic amines is 1. The normalized spacial score (nSPS) is 11.8. The molecule has 0 saturated heterocycles. The van der Waals surface area contributed by atoms with Crippen LogP contribution in [0.5, 0.6) is 5.75 Å². The lowest BCUT2D eigenvalue weighted by Gasteiger charge is -2.18. The van der Waals surface area contributed by atoms with Gasteiger partial charge in [0, 0.05) is 31.1 Å². The molecule has 0 saturated carbocycles. The number of para-hydroxylation sites is 1. The van der Waals surface area contributed by atoms with Gasteiger partial charge in [-0.2, -0.15) is 0 Å². The van der Waals surface area contributed by atoms with Gasteiger partial charge in [-0.25, -0.2) is 0 Å². The van der Waals surface area contributed by atoms with Crippen molar-refractivity contribution in [2.45, 2.75) is 32.7 Å². The van der Waals surface area contributed by atoms with E-state index in [4.69, 9.17) is 4.74 Å². The van der Waals surface area contributed by atoms with Crippen molar-refractivity contribution >= 4 is 28.4 Å². The van der Waals surface area contributed by atoms with Gasteiger partial charge in [-0.1, -0.05) is 43.3 Å². The minimum absolute atomic E-state index is 0. The molecule has 0 aliphatic rings. The van der Waals surface area contributed by atoms with Crippen molar-refractivity contribution in [1.29, 1.82) is 0 Å². The molecule has 2 amide bonds. The molecule has 0 aliphatic heterocycles. The van der Waals surface area contributed by atoms with Crippen molar-refractivity contribution in [3.8, 4) is 16.9 Å². The number of amides is 2. The third kappa shape index (κ3) is 5.93. The molecule has 0 bridgehead atoms. The van der Waals surface area contributed by atoms with E-state index < -0.39 is 6.04 Å². The summed E-state index contributed by atoms with van der Waals surface area (Å²) in [6, 6.07) is 20.4. The number of benzene rings is 3. The lowest BCUT2D eigenvalue weighted by molar-refractivity contribution is -0.114. The van der Waals surface area contributed by atoms with Gasteiger partial charge >= 0.3 is 0 Å². The van der Waals surface area contributed by atoms with Crippen molar-refractivity contribution in [2.75, 3.05) is 18.5 Å². The fourth-order valence-electron chi connectivity index (χ4n) is 4.19. The summed E-state index contributed by atoms with van der Waals surface area (Å²) in [4.78, 5) is 28.1. The summed E-state index contributed by atoms with van der Waals surface area (Å²) in [5.41, 5.74) is 4.78. The maximum absolute atomic E-state index is 13.4. The maximum atomic E-state index is 13.4. The lowest BCUT2D eigenvalue weighted by atomic mass is 10.0. The van der Waals surface area contributed by atoms with Crippen LogP contribution >= 0.6 is 0 Å². The molecule has 4 aromatic rings. The number of hydrogen-bond acceptors (Lipinski definition) is 4. The first kappa shape index (κ1) is 25.0. The molecule has 1 aromatic heterocycles. The summed E-state index contributed by atoms with van der Waals surface area (Å²) in [7, 11) is 0. The van der Waals surface area contributed by atoms with E-state index in [1.165, 1.54) is 6.92 Å². The van der Waals surface area contributed by atoms with Crippen LogP contribution in [0.2, 0.25) is 0 Å². The van der Waals surface area contributed by atoms with Crippen LogP contribution in [0.25, 0.3) is 22.0 Å². The van der Waals surface area contributed by atoms with Gasteiger partial charge in [0.1, 0.15) is 5.75 Å². The zero-order valence-corrected chi connectivity index (χ0v) is 20.5. The smallest absolute Gasteiger partial charge is 0.255 e. The lowest BCUT2D eigenvalue weighted by Crippen LogP contribution is -2.39. The summed E-state index contributed by atoms with van der Waals surface area (Å²) in [6.07, 6.45) is 3.20. The number of aliphatic hydroxyl groups is 1. The molecule has 0 fully saturated rings. The van der Waals surface area contributed by atoms with Gasteiger partial charge in [-0.05, 0) is 59.9 Å². The molecule has 0 radical (unpaired) electrons. The first-order chi connectivity index (χ1) is 17.5. The number of ether oxygens (including phenoxy) is 1. The third-order valence-electron chi connectivity index (χ3n) is 5.90. The number of nitrogens with one attached hydrogen (secondary N) is 3. The summed E-state index contributed by atoms with van der Waals surface area (Å²) in [5, 5.41) is 16.9. The quantitative estimate of drug-likeness (QED) is 0.248. The second kappa shape index (κ2) is 11.6. The highest BCUT2D eigenvalue weighted by atomic mass is 16.5. The minimum Gasteiger partial charge on any atom is -0.493 e. The molecular formula is C29H33N3O4. The first-order valence-corrected chi connectivity index (χ1v) is 12.1. The molecule has 3 aromatic carbocycles. The molecular weight excluding hydrogens is 454 g/mol. The maximum Gasteiger partial charge on any atom is 0.255 e. The molecule has 4 N–H and O–H groups in total. The Balaban J connectivity index is 0.00000380. The Morgan fingerprint density at radius 3 is 2.64 bits per heavy atom. The van der Waals surface area contributed by atoms with E-state index in [0.29, 0.717) is 30.0 Å². The fourth-order valence-corrected chi connectivity index (χ4v) is 4.19. The van der Waals surface area contributed by atoms with Crippen molar-refractivity contribution in [3.05, 3.63) is 84.1 Å². The molecule has 0 unspecified atom stereocenters. The molecule has 7 nitrogen and oxygen atoms in total. The number of aliphatic hydroxyl groups excluding tert-OH is 1. The van der Waals surface area contributed by atoms with Crippen LogP contribution < -0.4 is 15.4 Å². The Morgan fingerprint density at radius 2 is 1.86 bits per heavy atom. The average molecular weight is 488 g/mol. The van der Waals surface area contributed by atoms with Gasteiger partial charge in [-0.15, -0.1) is 0 Å². The molecule has 7 heteroatoms. The second-order valence-electron chi connectivity index (χ2n) is 8.74. The first-order valence-electron chi connectivity index (χ1n) is 12.1. The third-order valence-corrected chi connectivity index (χ3v) is 5.90. The van der Waals surface area contributed by atoms with Crippen molar-refractivity contribution in [3.63, 3.8) is 0 Å². The number of carbonyl (C=O) groups excluding carboxylic acids is 2. The summed E-state index contributed by atoms with van der Waals surface area (Å²) < 4.78 is 5.87. The zero-order valence-electron chi connectivity index (χ0n) is 20.5. The van der Waals surface area contributed by atoms with Gasteiger partial charge < -0.3 is 25.5 Å². The van der Waals surface area contributed by atoms with Crippen LogP contribution in [-0.2, 0) is 11.2 Å². The van der Waals surface area contributed by atoms with E-state index in [0.717, 1.165) is 34.0 Å². The van der Waals surface area contributed by atoms with Crippen LogP contribution in [0.4, 0.5) is 5.69 Å². The predicted octanol–water partition coefficient (Wildman–Crippen LogP) is 5.16. The molecule has 0 spiro atoms. The summed E-state index contributed by atoms with van der Waals surface area (Å²) in [5.74, 6) is 0.0144. The van der Waals surface area contributed by atoms with Gasteiger partial charge in [0.2, 0.25) is 5.91 Å². The molecule has 1 atom stereocenters. The SMILES string of the molecule is CCCOc1ccc(-c2cccc(NC(C)=O)c2)cc1C(=O)N[C@H](CO)Cc1c[nH]c2ccccc12.[HH]. The van der Waals surface area contributed by atoms with E-state index in [1.54, 1.807) is 12.1 Å². The van der Waals surface area contributed by atoms with Crippen molar-refractivity contribution < 1.29 is 20.9 Å². The Labute approximate surface area is 212 Å². The summed E-state index contributed by atoms with van der Waals surface area (Å²) in [6.45, 7) is 3.75. The van der Waals surface area contributed by atoms with Gasteiger partial charge in [0.05, 0.1) is 24.8 Å². The highest BCUT2D eigenvalue weighted by molar-refractivity contribution is 5.98. The Hall–Kier alpha value is -4.10. The van der Waals surface area contributed by atoms with Crippen LogP contribution in [-0.4, -0.2) is 41.2 Å². The van der Waals surface area contributed by atoms with E-state index in [9.17, 15) is 14.7 Å². The molecule has 188 valence electrons. The topological polar surface area (TPSA) is 103 Å². The molecule has 0 aliphatic carbocycles. The van der Waals surface area contributed by atoms with E-state index in [2.05, 4.69) is 15.6 Å². The Morgan fingerprint density at radius 1 is 1.06 bits per heavy atom. The van der Waals surface area contributed by atoms with Crippen LogP contribution in [0, 0.1) is 0 Å². The largest absolute Gasteiger partial charge is 0.493 e. The fraction of sp³-hybridized carbons (Fsp3) is 0.241. The molecule has 4 rings (SSSR count). The van der Waals surface area contributed by atoms with Crippen molar-refractivity contribution in [1.82, 2.24) is 10.3 Å². The number of rotatable bonds is 10. The van der Waals surface area contributed by atoms with Gasteiger partial charge in [-0.3, -0.25) is 9.59 Å². The number of hydrogen-bond donors (Lipinski definition) is 4. The number of H-pyrrole nitrogens is 1. The zero-order chi connectivity index (χ0) is 25.5. The Bertz CT molecular complexity index is 1370. The van der Waals surface area contributed by atoms with Crippen LogP contribution in [0.3, 0.4) is 0 Å². The average Bonchev–Trinajstić information content (AvgIpc) is 3.29. The van der Waals surface area contributed by atoms with E-state index in [-0.39, 0.29) is 19.8 Å². The van der Waals surface area contributed by atoms with Gasteiger partial charge in [0.25, 0.3) is 5.91 Å². The van der Waals surface area contributed by atoms with Gasteiger partial charge in [0.15, 0.2) is 0 Å². The predicted molar refractivity (Wildman–Crippen MR) is 144 cm³/mol. The molecule has 1 heterocycles. The number of anilines is 1. The van der Waals surface area contributed by atoms with Crippen molar-refractivity contribution in [2.24, 2.45) is 0 Å². The number of aromatic nitrogens is 1. The van der Waals surface area contributed by atoms with E-state index in [1.807, 2.05) is 67.7 Å². The van der Waals surface area contributed by atoms with Crippen LogP contribution in [0.1, 0.15) is 37.6 Å².